The van der Waals surface area contributed by atoms with Crippen molar-refractivity contribution in [3.8, 4) is 0 Å². The minimum absolute atomic E-state index is 0.811. The second kappa shape index (κ2) is 4.62. The highest BCUT2D eigenvalue weighted by molar-refractivity contribution is 5.37. The fourth-order valence-corrected chi connectivity index (χ4v) is 2.03. The maximum atomic E-state index is 5.73. The summed E-state index contributed by atoms with van der Waals surface area (Å²) in [7, 11) is 0. The molecule has 0 atom stereocenters. The Kier molecular flexibility index (Phi) is 3.21. The molecule has 0 aliphatic carbocycles. The lowest BCUT2D eigenvalue weighted by molar-refractivity contribution is 0.183. The first-order valence-corrected chi connectivity index (χ1v) is 5.67. The first kappa shape index (κ1) is 10.4. The molecule has 2 rings (SSSR count). The third-order valence-electron chi connectivity index (χ3n) is 3.10. The van der Waals surface area contributed by atoms with E-state index in [1.165, 1.54) is 25.9 Å². The van der Waals surface area contributed by atoms with E-state index in [0.29, 0.717) is 0 Å². The summed E-state index contributed by atoms with van der Waals surface area (Å²) in [5.41, 5.74) is 7.63. The lowest BCUT2D eigenvalue weighted by Crippen LogP contribution is -2.32. The first-order valence-electron chi connectivity index (χ1n) is 5.67. The van der Waals surface area contributed by atoms with Crippen molar-refractivity contribution in [1.82, 2.24) is 9.88 Å². The number of pyridine rings is 1. The minimum atomic E-state index is 0.811. The Morgan fingerprint density at radius 1 is 1.47 bits per heavy atom. The van der Waals surface area contributed by atoms with E-state index in [0.717, 1.165) is 23.8 Å². The lowest BCUT2D eigenvalue weighted by atomic mass is 9.99. The van der Waals surface area contributed by atoms with Crippen LogP contribution in [0.15, 0.2) is 18.3 Å². The fraction of sp³-hybridized carbons (Fsp3) is 0.583. The van der Waals surface area contributed by atoms with Crippen molar-refractivity contribution in [3.05, 3.63) is 24.0 Å². The minimum Gasteiger partial charge on any atom is -0.399 e. The molecule has 0 unspecified atom stereocenters. The van der Waals surface area contributed by atoms with Crippen LogP contribution in [0, 0.1) is 5.92 Å². The van der Waals surface area contributed by atoms with E-state index in [9.17, 15) is 0 Å². The van der Waals surface area contributed by atoms with Gasteiger partial charge < -0.3 is 5.73 Å². The number of rotatable bonds is 2. The van der Waals surface area contributed by atoms with Gasteiger partial charge in [-0.1, -0.05) is 6.92 Å². The summed E-state index contributed by atoms with van der Waals surface area (Å²) in [6, 6.07) is 3.81. The highest BCUT2D eigenvalue weighted by Gasteiger charge is 2.15. The summed E-state index contributed by atoms with van der Waals surface area (Å²) < 4.78 is 0. The molecule has 1 aromatic heterocycles. The Morgan fingerprint density at radius 3 is 2.87 bits per heavy atom. The van der Waals surface area contributed by atoms with Crippen molar-refractivity contribution in [1.29, 1.82) is 0 Å². The quantitative estimate of drug-likeness (QED) is 0.801. The zero-order valence-electron chi connectivity index (χ0n) is 9.32. The van der Waals surface area contributed by atoms with Gasteiger partial charge in [0.2, 0.25) is 0 Å². The molecule has 0 bridgehead atoms. The van der Waals surface area contributed by atoms with Crippen molar-refractivity contribution >= 4 is 5.69 Å². The molecule has 3 heteroatoms. The standard InChI is InChI=1S/C12H19N3/c1-10-3-6-15(7-4-10)9-12-8-11(13)2-5-14-12/h2,5,8,10H,3-4,6-7,9H2,1H3,(H2,13,14). The van der Waals surface area contributed by atoms with E-state index in [1.807, 2.05) is 12.1 Å². The number of nitrogens with zero attached hydrogens (tertiary/aromatic N) is 2. The number of nitrogen functional groups attached to an aromatic ring is 1. The highest BCUT2D eigenvalue weighted by atomic mass is 15.1. The molecule has 0 aromatic carbocycles. The van der Waals surface area contributed by atoms with Crippen molar-refractivity contribution in [3.63, 3.8) is 0 Å². The van der Waals surface area contributed by atoms with Crippen LogP contribution >= 0.6 is 0 Å². The average molecular weight is 205 g/mol. The van der Waals surface area contributed by atoms with Gasteiger partial charge in [0.25, 0.3) is 0 Å². The largest absolute Gasteiger partial charge is 0.399 e. The molecule has 2 N–H and O–H groups in total. The Balaban J connectivity index is 1.92. The van der Waals surface area contributed by atoms with Gasteiger partial charge in [-0.25, -0.2) is 0 Å². The molecule has 0 amide bonds. The molecule has 82 valence electrons. The Labute approximate surface area is 91.3 Å². The Bertz CT molecular complexity index is 316. The van der Waals surface area contributed by atoms with Gasteiger partial charge in [0.1, 0.15) is 0 Å². The van der Waals surface area contributed by atoms with Crippen molar-refractivity contribution in [2.24, 2.45) is 5.92 Å². The molecule has 1 aromatic rings. The normalized spacial score (nSPS) is 19.3. The molecule has 1 saturated heterocycles. The van der Waals surface area contributed by atoms with Crippen LogP contribution < -0.4 is 5.73 Å². The van der Waals surface area contributed by atoms with Crippen LogP contribution in [0.5, 0.6) is 0 Å². The van der Waals surface area contributed by atoms with Crippen LogP contribution in [0.3, 0.4) is 0 Å². The molecule has 0 radical (unpaired) electrons. The summed E-state index contributed by atoms with van der Waals surface area (Å²) in [5, 5.41) is 0. The molecule has 1 aliphatic heterocycles. The number of anilines is 1. The SMILES string of the molecule is CC1CCN(Cc2cc(N)ccn2)CC1. The molecule has 15 heavy (non-hydrogen) atoms. The van der Waals surface area contributed by atoms with Gasteiger partial charge in [0, 0.05) is 18.4 Å². The number of piperidine rings is 1. The summed E-state index contributed by atoms with van der Waals surface area (Å²) in [6.45, 7) is 5.66. The summed E-state index contributed by atoms with van der Waals surface area (Å²) >= 11 is 0. The highest BCUT2D eigenvalue weighted by Crippen LogP contribution is 2.17. The monoisotopic (exact) mass is 205 g/mol. The van der Waals surface area contributed by atoms with Gasteiger partial charge in [-0.2, -0.15) is 0 Å². The van der Waals surface area contributed by atoms with Crippen molar-refractivity contribution in [2.45, 2.75) is 26.3 Å². The van der Waals surface area contributed by atoms with Crippen LogP contribution in [0.2, 0.25) is 0 Å². The van der Waals surface area contributed by atoms with E-state index >= 15 is 0 Å². The van der Waals surface area contributed by atoms with E-state index in [4.69, 9.17) is 5.73 Å². The number of hydrogen-bond donors (Lipinski definition) is 1. The van der Waals surface area contributed by atoms with Crippen LogP contribution in [0.1, 0.15) is 25.5 Å². The van der Waals surface area contributed by atoms with Crippen LogP contribution in [0.25, 0.3) is 0 Å². The second-order valence-corrected chi connectivity index (χ2v) is 4.54. The number of hydrogen-bond acceptors (Lipinski definition) is 3. The van der Waals surface area contributed by atoms with Gasteiger partial charge in [-0.15, -0.1) is 0 Å². The van der Waals surface area contributed by atoms with Gasteiger partial charge in [-0.3, -0.25) is 9.88 Å². The number of aromatic nitrogens is 1. The van der Waals surface area contributed by atoms with Crippen LogP contribution in [-0.2, 0) is 6.54 Å². The molecule has 0 spiro atoms. The summed E-state index contributed by atoms with van der Waals surface area (Å²) in [6.07, 6.45) is 4.40. The van der Waals surface area contributed by atoms with Gasteiger partial charge in [-0.05, 0) is 44.0 Å². The summed E-state index contributed by atoms with van der Waals surface area (Å²) in [5.74, 6) is 0.884. The van der Waals surface area contributed by atoms with E-state index in [1.54, 1.807) is 6.20 Å². The number of nitrogens with two attached hydrogens (primary N) is 1. The van der Waals surface area contributed by atoms with Gasteiger partial charge in [0.15, 0.2) is 0 Å². The topological polar surface area (TPSA) is 42.1 Å². The third-order valence-corrected chi connectivity index (χ3v) is 3.10. The lowest BCUT2D eigenvalue weighted by Gasteiger charge is -2.29. The second-order valence-electron chi connectivity index (χ2n) is 4.54. The predicted octanol–water partition coefficient (Wildman–Crippen LogP) is 1.90. The van der Waals surface area contributed by atoms with Crippen molar-refractivity contribution < 1.29 is 0 Å². The Hall–Kier alpha value is -1.09. The predicted molar refractivity (Wildman–Crippen MR) is 62.3 cm³/mol. The molecular weight excluding hydrogens is 186 g/mol. The van der Waals surface area contributed by atoms with Crippen LogP contribution in [0.4, 0.5) is 5.69 Å². The molecule has 1 fully saturated rings. The maximum Gasteiger partial charge on any atom is 0.0564 e. The zero-order valence-corrected chi connectivity index (χ0v) is 9.32. The first-order chi connectivity index (χ1) is 7.24. The Morgan fingerprint density at radius 2 is 2.20 bits per heavy atom. The third kappa shape index (κ3) is 2.93. The fourth-order valence-electron chi connectivity index (χ4n) is 2.03. The van der Waals surface area contributed by atoms with E-state index < -0.39 is 0 Å². The molecule has 1 aliphatic rings. The van der Waals surface area contributed by atoms with E-state index in [-0.39, 0.29) is 0 Å². The number of likely N-dealkylation sites (tertiary alicyclic amines) is 1. The zero-order chi connectivity index (χ0) is 10.7. The molecule has 0 saturated carbocycles. The molecular formula is C12H19N3. The smallest absolute Gasteiger partial charge is 0.0564 e. The van der Waals surface area contributed by atoms with Gasteiger partial charge >= 0.3 is 0 Å². The molecule has 2 heterocycles. The van der Waals surface area contributed by atoms with Crippen LogP contribution in [-0.4, -0.2) is 23.0 Å². The molecule has 3 nitrogen and oxygen atoms in total. The van der Waals surface area contributed by atoms with Gasteiger partial charge in [0.05, 0.1) is 5.69 Å². The maximum absolute atomic E-state index is 5.73. The average Bonchev–Trinajstić information content (AvgIpc) is 2.22. The van der Waals surface area contributed by atoms with Crippen molar-refractivity contribution in [2.75, 3.05) is 18.8 Å². The van der Waals surface area contributed by atoms with E-state index in [2.05, 4.69) is 16.8 Å². The summed E-state index contributed by atoms with van der Waals surface area (Å²) in [4.78, 5) is 6.79.